The Morgan fingerprint density at radius 2 is 2.28 bits per heavy atom. The van der Waals surface area contributed by atoms with Crippen LogP contribution in [0.4, 0.5) is 0 Å². The molecule has 2 atom stereocenters. The lowest BCUT2D eigenvalue weighted by Gasteiger charge is -2.32. The Bertz CT molecular complexity index is 342. The number of carbonyl (C=O) groups is 2. The van der Waals surface area contributed by atoms with E-state index >= 15 is 0 Å². The average molecular weight is 270 g/mol. The molecule has 0 saturated carbocycles. The Morgan fingerprint density at radius 1 is 1.50 bits per heavy atom. The second-order valence-electron chi connectivity index (χ2n) is 5.46. The van der Waals surface area contributed by atoms with Crippen molar-refractivity contribution in [2.45, 2.75) is 38.6 Å². The minimum Gasteiger partial charge on any atom is -0.342 e. The molecule has 4 nitrogen and oxygen atoms in total. The summed E-state index contributed by atoms with van der Waals surface area (Å²) in [5, 5.41) is 2.87. The van der Waals surface area contributed by atoms with Gasteiger partial charge in [-0.05, 0) is 37.2 Å². The van der Waals surface area contributed by atoms with Crippen molar-refractivity contribution in [3.8, 4) is 0 Å². The van der Waals surface area contributed by atoms with Crippen LogP contribution in [0.3, 0.4) is 0 Å². The number of rotatable bonds is 3. The topological polar surface area (TPSA) is 49.4 Å². The molecule has 0 radical (unpaired) electrons. The fraction of sp³-hybridized carbons (Fsp3) is 0.846. The van der Waals surface area contributed by atoms with Crippen LogP contribution in [0.2, 0.25) is 0 Å². The minimum absolute atomic E-state index is 0.00371. The summed E-state index contributed by atoms with van der Waals surface area (Å²) in [4.78, 5) is 26.1. The van der Waals surface area contributed by atoms with E-state index in [2.05, 4.69) is 5.32 Å². The van der Waals surface area contributed by atoms with E-state index in [1.807, 2.05) is 30.5 Å². The van der Waals surface area contributed by atoms with Crippen LogP contribution in [-0.4, -0.2) is 46.8 Å². The Morgan fingerprint density at radius 3 is 2.89 bits per heavy atom. The standard InChI is InChI=1S/C13H22N2O2S/c1-3-13(2)12(17)15(6-4-11(16)14-13)8-10-5-7-18-9-10/h10H,3-9H2,1-2H3,(H,14,16). The first kappa shape index (κ1) is 13.7. The molecule has 2 aliphatic heterocycles. The molecule has 2 rings (SSSR count). The summed E-state index contributed by atoms with van der Waals surface area (Å²) in [7, 11) is 0. The van der Waals surface area contributed by atoms with Gasteiger partial charge in [0.15, 0.2) is 0 Å². The van der Waals surface area contributed by atoms with Crippen molar-refractivity contribution >= 4 is 23.6 Å². The van der Waals surface area contributed by atoms with E-state index < -0.39 is 5.54 Å². The molecule has 2 fully saturated rings. The van der Waals surface area contributed by atoms with Crippen molar-refractivity contribution in [1.29, 1.82) is 0 Å². The van der Waals surface area contributed by atoms with Gasteiger partial charge in [0.25, 0.3) is 0 Å². The van der Waals surface area contributed by atoms with Gasteiger partial charge >= 0.3 is 0 Å². The maximum absolute atomic E-state index is 12.5. The molecule has 2 aliphatic rings. The number of hydrogen-bond donors (Lipinski definition) is 1. The number of nitrogens with zero attached hydrogens (tertiary/aromatic N) is 1. The van der Waals surface area contributed by atoms with E-state index in [-0.39, 0.29) is 11.8 Å². The fourth-order valence-corrected chi connectivity index (χ4v) is 3.84. The highest BCUT2D eigenvalue weighted by molar-refractivity contribution is 7.99. The van der Waals surface area contributed by atoms with E-state index in [0.717, 1.165) is 12.3 Å². The van der Waals surface area contributed by atoms with Crippen molar-refractivity contribution in [3.05, 3.63) is 0 Å². The fourth-order valence-electron chi connectivity index (χ4n) is 2.56. The van der Waals surface area contributed by atoms with Crippen LogP contribution in [0.25, 0.3) is 0 Å². The number of amides is 2. The summed E-state index contributed by atoms with van der Waals surface area (Å²) in [6.07, 6.45) is 2.27. The van der Waals surface area contributed by atoms with Crippen LogP contribution >= 0.6 is 11.8 Å². The highest BCUT2D eigenvalue weighted by atomic mass is 32.2. The van der Waals surface area contributed by atoms with Crippen molar-refractivity contribution in [1.82, 2.24) is 10.2 Å². The second-order valence-corrected chi connectivity index (χ2v) is 6.61. The predicted octanol–water partition coefficient (Wildman–Crippen LogP) is 1.26. The first-order valence-corrected chi connectivity index (χ1v) is 7.89. The number of nitrogens with one attached hydrogen (secondary N) is 1. The zero-order chi connectivity index (χ0) is 13.2. The van der Waals surface area contributed by atoms with Crippen LogP contribution in [-0.2, 0) is 9.59 Å². The summed E-state index contributed by atoms with van der Waals surface area (Å²) in [5.74, 6) is 3.04. The van der Waals surface area contributed by atoms with Crippen molar-refractivity contribution in [2.75, 3.05) is 24.6 Å². The average Bonchev–Trinajstić information content (AvgIpc) is 2.82. The van der Waals surface area contributed by atoms with Gasteiger partial charge < -0.3 is 10.2 Å². The Kier molecular flexibility index (Phi) is 4.20. The largest absolute Gasteiger partial charge is 0.342 e. The molecule has 2 unspecified atom stereocenters. The monoisotopic (exact) mass is 270 g/mol. The summed E-state index contributed by atoms with van der Waals surface area (Å²) < 4.78 is 0. The van der Waals surface area contributed by atoms with Gasteiger partial charge in [-0.2, -0.15) is 11.8 Å². The molecular weight excluding hydrogens is 248 g/mol. The molecule has 2 saturated heterocycles. The molecule has 5 heteroatoms. The third kappa shape index (κ3) is 2.82. The second kappa shape index (κ2) is 5.51. The van der Waals surface area contributed by atoms with Crippen molar-refractivity contribution in [3.63, 3.8) is 0 Å². The minimum atomic E-state index is -0.709. The first-order valence-electron chi connectivity index (χ1n) is 6.73. The summed E-state index contributed by atoms with van der Waals surface area (Å²) in [5.41, 5.74) is -0.709. The molecule has 0 bridgehead atoms. The molecule has 2 amide bonds. The van der Waals surface area contributed by atoms with E-state index in [9.17, 15) is 9.59 Å². The third-order valence-electron chi connectivity index (χ3n) is 3.99. The molecule has 0 aliphatic carbocycles. The maximum atomic E-state index is 12.5. The van der Waals surface area contributed by atoms with Crippen LogP contribution in [0.5, 0.6) is 0 Å². The maximum Gasteiger partial charge on any atom is 0.248 e. The lowest BCUT2D eigenvalue weighted by atomic mass is 9.96. The molecule has 0 spiro atoms. The number of thioether (sulfide) groups is 1. The van der Waals surface area contributed by atoms with Crippen LogP contribution in [0.1, 0.15) is 33.1 Å². The zero-order valence-electron chi connectivity index (χ0n) is 11.2. The lowest BCUT2D eigenvalue weighted by Crippen LogP contribution is -2.55. The van der Waals surface area contributed by atoms with E-state index in [1.54, 1.807) is 0 Å². The molecule has 0 aromatic heterocycles. The Labute approximate surface area is 113 Å². The summed E-state index contributed by atoms with van der Waals surface area (Å²) >= 11 is 1.96. The summed E-state index contributed by atoms with van der Waals surface area (Å²) in [6, 6.07) is 0. The van der Waals surface area contributed by atoms with E-state index in [4.69, 9.17) is 0 Å². The first-order chi connectivity index (χ1) is 8.55. The summed E-state index contributed by atoms with van der Waals surface area (Å²) in [6.45, 7) is 5.18. The van der Waals surface area contributed by atoms with Gasteiger partial charge in [0, 0.05) is 19.5 Å². The van der Waals surface area contributed by atoms with Gasteiger partial charge in [0.2, 0.25) is 11.8 Å². The molecule has 18 heavy (non-hydrogen) atoms. The van der Waals surface area contributed by atoms with Crippen molar-refractivity contribution < 1.29 is 9.59 Å². The third-order valence-corrected chi connectivity index (χ3v) is 5.22. The molecule has 2 heterocycles. The van der Waals surface area contributed by atoms with Crippen LogP contribution < -0.4 is 5.32 Å². The normalized spacial score (nSPS) is 33.4. The molecule has 0 aromatic carbocycles. The van der Waals surface area contributed by atoms with Crippen LogP contribution in [0.15, 0.2) is 0 Å². The molecule has 1 N–H and O–H groups in total. The van der Waals surface area contributed by atoms with Gasteiger partial charge in [-0.15, -0.1) is 0 Å². The lowest BCUT2D eigenvalue weighted by molar-refractivity contribution is -0.138. The Hall–Kier alpha value is -0.710. The van der Waals surface area contributed by atoms with Gasteiger partial charge in [0.05, 0.1) is 0 Å². The number of carbonyl (C=O) groups excluding carboxylic acids is 2. The Balaban J connectivity index is 2.08. The van der Waals surface area contributed by atoms with Gasteiger partial charge in [-0.1, -0.05) is 6.92 Å². The smallest absolute Gasteiger partial charge is 0.248 e. The molecular formula is C13H22N2O2S. The predicted molar refractivity (Wildman–Crippen MR) is 73.5 cm³/mol. The zero-order valence-corrected chi connectivity index (χ0v) is 12.0. The highest BCUT2D eigenvalue weighted by Gasteiger charge is 2.39. The quantitative estimate of drug-likeness (QED) is 0.840. The molecule has 0 aromatic rings. The SMILES string of the molecule is CCC1(C)NC(=O)CCN(CC2CCSC2)C1=O. The van der Waals surface area contributed by atoms with Gasteiger partial charge in [-0.3, -0.25) is 9.59 Å². The van der Waals surface area contributed by atoms with Gasteiger partial charge in [-0.25, -0.2) is 0 Å². The van der Waals surface area contributed by atoms with Crippen LogP contribution in [0, 0.1) is 5.92 Å². The van der Waals surface area contributed by atoms with Crippen molar-refractivity contribution in [2.24, 2.45) is 5.92 Å². The van der Waals surface area contributed by atoms with E-state index in [0.29, 0.717) is 25.3 Å². The molecule has 102 valence electrons. The number of hydrogen-bond acceptors (Lipinski definition) is 3. The van der Waals surface area contributed by atoms with E-state index in [1.165, 1.54) is 12.2 Å². The highest BCUT2D eigenvalue weighted by Crippen LogP contribution is 2.26. The van der Waals surface area contributed by atoms with Gasteiger partial charge in [0.1, 0.15) is 5.54 Å².